The minimum absolute atomic E-state index is 0.0150. The molecule has 98 valence electrons. The molecule has 3 N–H and O–H groups in total. The van der Waals surface area contributed by atoms with Gasteiger partial charge in [0.05, 0.1) is 17.6 Å². The Hall–Kier alpha value is -1.70. The molecule has 1 heterocycles. The fourth-order valence-electron chi connectivity index (χ4n) is 1.85. The second-order valence-electron chi connectivity index (χ2n) is 4.10. The maximum absolute atomic E-state index is 10.5. The number of rotatable bonds is 4. The minimum atomic E-state index is -0.703. The molecular formula is C11H14N2O5. The largest absolute Gasteiger partial charge is 0.394 e. The molecule has 2 rings (SSSR count). The molecule has 0 saturated carbocycles. The highest BCUT2D eigenvalue weighted by molar-refractivity contribution is 5.48. The Labute approximate surface area is 103 Å². The van der Waals surface area contributed by atoms with Gasteiger partial charge in [0.2, 0.25) is 0 Å². The number of aliphatic hydroxyl groups excluding tert-OH is 2. The summed E-state index contributed by atoms with van der Waals surface area (Å²) in [6, 6.07) is 5.91. The van der Waals surface area contributed by atoms with Gasteiger partial charge in [-0.3, -0.25) is 10.1 Å². The van der Waals surface area contributed by atoms with Gasteiger partial charge in [0.25, 0.3) is 5.69 Å². The number of aliphatic hydroxyl groups is 2. The molecule has 0 aliphatic carbocycles. The Balaban J connectivity index is 1.96. The van der Waals surface area contributed by atoms with Gasteiger partial charge in [-0.05, 0) is 12.1 Å². The summed E-state index contributed by atoms with van der Waals surface area (Å²) < 4.78 is 5.36. The number of nitro benzene ring substituents is 1. The second-order valence-corrected chi connectivity index (χ2v) is 4.10. The molecule has 18 heavy (non-hydrogen) atoms. The quantitative estimate of drug-likeness (QED) is 0.533. The van der Waals surface area contributed by atoms with Crippen molar-refractivity contribution in [3.05, 3.63) is 34.4 Å². The summed E-state index contributed by atoms with van der Waals surface area (Å²) in [5, 5.41) is 31.9. The van der Waals surface area contributed by atoms with Crippen molar-refractivity contribution in [2.45, 2.75) is 24.9 Å². The Morgan fingerprint density at radius 2 is 2.11 bits per heavy atom. The van der Waals surface area contributed by atoms with Crippen molar-refractivity contribution >= 4 is 11.4 Å². The van der Waals surface area contributed by atoms with Gasteiger partial charge < -0.3 is 20.3 Å². The first kappa shape index (κ1) is 12.7. The van der Waals surface area contributed by atoms with Crippen LogP contribution in [0.15, 0.2) is 24.3 Å². The van der Waals surface area contributed by atoms with Gasteiger partial charge >= 0.3 is 0 Å². The van der Waals surface area contributed by atoms with E-state index in [2.05, 4.69) is 5.32 Å². The van der Waals surface area contributed by atoms with E-state index in [4.69, 9.17) is 9.84 Å². The van der Waals surface area contributed by atoms with E-state index in [9.17, 15) is 15.2 Å². The van der Waals surface area contributed by atoms with Crippen LogP contribution in [0.4, 0.5) is 11.4 Å². The number of nitrogens with one attached hydrogen (secondary N) is 1. The van der Waals surface area contributed by atoms with Crippen LogP contribution in [0.5, 0.6) is 0 Å². The van der Waals surface area contributed by atoms with Gasteiger partial charge in [0.1, 0.15) is 12.3 Å². The smallest absolute Gasteiger partial charge is 0.269 e. The van der Waals surface area contributed by atoms with Crippen LogP contribution in [-0.4, -0.2) is 40.2 Å². The maximum atomic E-state index is 10.5. The SMILES string of the molecule is O=[N+]([O-])c1ccc(N[C@H]2C[C@H](O)[C@H](CO)O2)cc1. The van der Waals surface area contributed by atoms with Crippen molar-refractivity contribution < 1.29 is 19.9 Å². The molecule has 0 bridgehead atoms. The molecule has 0 aromatic heterocycles. The lowest BCUT2D eigenvalue weighted by Crippen LogP contribution is -2.25. The lowest BCUT2D eigenvalue weighted by Gasteiger charge is -2.14. The van der Waals surface area contributed by atoms with Crippen LogP contribution in [0.25, 0.3) is 0 Å². The highest BCUT2D eigenvalue weighted by Crippen LogP contribution is 2.23. The molecule has 0 spiro atoms. The summed E-state index contributed by atoms with van der Waals surface area (Å²) in [6.45, 7) is -0.236. The lowest BCUT2D eigenvalue weighted by molar-refractivity contribution is -0.384. The monoisotopic (exact) mass is 254 g/mol. The molecule has 1 fully saturated rings. The third kappa shape index (κ3) is 2.76. The van der Waals surface area contributed by atoms with Crippen molar-refractivity contribution in [2.24, 2.45) is 0 Å². The summed E-state index contributed by atoms with van der Waals surface area (Å²) in [7, 11) is 0. The summed E-state index contributed by atoms with van der Waals surface area (Å²) >= 11 is 0. The van der Waals surface area contributed by atoms with Crippen LogP contribution in [0.3, 0.4) is 0 Å². The standard InChI is InChI=1S/C11H14N2O5/c14-6-10-9(15)5-11(18-10)12-7-1-3-8(4-2-7)13(16)17/h1-4,9-12,14-15H,5-6H2/t9-,10-,11+/m0/s1. The molecule has 1 saturated heterocycles. The molecule has 0 unspecified atom stereocenters. The number of anilines is 1. The highest BCUT2D eigenvalue weighted by Gasteiger charge is 2.33. The molecule has 7 nitrogen and oxygen atoms in total. The van der Waals surface area contributed by atoms with Gasteiger partial charge in [-0.2, -0.15) is 0 Å². The Bertz CT molecular complexity index is 422. The molecule has 1 aromatic carbocycles. The van der Waals surface area contributed by atoms with Gasteiger partial charge in [0, 0.05) is 24.2 Å². The first-order valence-electron chi connectivity index (χ1n) is 5.55. The normalized spacial score (nSPS) is 27.1. The molecule has 3 atom stereocenters. The predicted octanol–water partition coefficient (Wildman–Crippen LogP) is 0.475. The summed E-state index contributed by atoms with van der Waals surface area (Å²) in [4.78, 5) is 10.0. The fraction of sp³-hybridized carbons (Fsp3) is 0.455. The van der Waals surface area contributed by atoms with Crippen molar-refractivity contribution in [1.29, 1.82) is 0 Å². The van der Waals surface area contributed by atoms with Crippen LogP contribution >= 0.6 is 0 Å². The van der Waals surface area contributed by atoms with Crippen LogP contribution < -0.4 is 5.32 Å². The predicted molar refractivity (Wildman–Crippen MR) is 63.1 cm³/mol. The zero-order valence-electron chi connectivity index (χ0n) is 9.52. The van der Waals surface area contributed by atoms with E-state index in [0.717, 1.165) is 0 Å². The molecule has 1 aliphatic heterocycles. The van der Waals surface area contributed by atoms with E-state index in [0.29, 0.717) is 12.1 Å². The highest BCUT2D eigenvalue weighted by atomic mass is 16.6. The van der Waals surface area contributed by atoms with E-state index < -0.39 is 23.4 Å². The minimum Gasteiger partial charge on any atom is -0.394 e. The van der Waals surface area contributed by atoms with E-state index in [-0.39, 0.29) is 12.3 Å². The van der Waals surface area contributed by atoms with Crippen molar-refractivity contribution in [2.75, 3.05) is 11.9 Å². The molecule has 0 amide bonds. The molecule has 0 radical (unpaired) electrons. The van der Waals surface area contributed by atoms with Crippen LogP contribution in [0, 0.1) is 10.1 Å². The number of non-ortho nitro benzene ring substituents is 1. The average molecular weight is 254 g/mol. The van der Waals surface area contributed by atoms with Crippen LogP contribution in [0.1, 0.15) is 6.42 Å². The average Bonchev–Trinajstić information content (AvgIpc) is 2.70. The topological polar surface area (TPSA) is 105 Å². The van der Waals surface area contributed by atoms with E-state index in [1.165, 1.54) is 12.1 Å². The lowest BCUT2D eigenvalue weighted by atomic mass is 10.2. The second kappa shape index (κ2) is 5.30. The van der Waals surface area contributed by atoms with E-state index in [1.807, 2.05) is 0 Å². The van der Waals surface area contributed by atoms with Gasteiger partial charge in [0.15, 0.2) is 0 Å². The molecule has 1 aliphatic rings. The number of nitro groups is 1. The first-order chi connectivity index (χ1) is 8.60. The number of ether oxygens (including phenoxy) is 1. The van der Waals surface area contributed by atoms with Gasteiger partial charge in [-0.15, -0.1) is 0 Å². The number of hydrogen-bond donors (Lipinski definition) is 3. The maximum Gasteiger partial charge on any atom is 0.269 e. The third-order valence-corrected chi connectivity index (χ3v) is 2.81. The summed E-state index contributed by atoms with van der Waals surface area (Å²) in [5.41, 5.74) is 0.678. The zero-order valence-corrected chi connectivity index (χ0v) is 9.52. The van der Waals surface area contributed by atoms with Crippen LogP contribution in [0.2, 0.25) is 0 Å². The summed E-state index contributed by atoms with van der Waals surface area (Å²) in [6.07, 6.45) is -1.33. The van der Waals surface area contributed by atoms with Crippen molar-refractivity contribution in [3.8, 4) is 0 Å². The Kier molecular flexibility index (Phi) is 3.75. The zero-order chi connectivity index (χ0) is 13.1. The fourth-order valence-corrected chi connectivity index (χ4v) is 1.85. The van der Waals surface area contributed by atoms with Gasteiger partial charge in [-0.1, -0.05) is 0 Å². The molecule has 1 aromatic rings. The first-order valence-corrected chi connectivity index (χ1v) is 5.55. The van der Waals surface area contributed by atoms with Crippen molar-refractivity contribution in [1.82, 2.24) is 0 Å². The number of nitrogens with zero attached hydrogens (tertiary/aromatic N) is 1. The van der Waals surface area contributed by atoms with Crippen LogP contribution in [-0.2, 0) is 4.74 Å². The summed E-state index contributed by atoms with van der Waals surface area (Å²) in [5.74, 6) is 0. The Morgan fingerprint density at radius 1 is 1.44 bits per heavy atom. The van der Waals surface area contributed by atoms with Crippen molar-refractivity contribution in [3.63, 3.8) is 0 Å². The molecule has 7 heteroatoms. The van der Waals surface area contributed by atoms with Gasteiger partial charge in [-0.25, -0.2) is 0 Å². The van der Waals surface area contributed by atoms with E-state index in [1.54, 1.807) is 12.1 Å². The molecular weight excluding hydrogens is 240 g/mol. The number of benzene rings is 1. The van der Waals surface area contributed by atoms with E-state index >= 15 is 0 Å². The number of hydrogen-bond acceptors (Lipinski definition) is 6. The third-order valence-electron chi connectivity index (χ3n) is 2.81. The Morgan fingerprint density at radius 3 is 2.61 bits per heavy atom.